The maximum absolute atomic E-state index is 8.69. The van der Waals surface area contributed by atoms with Gasteiger partial charge in [-0.25, -0.2) is 0 Å². The Morgan fingerprint density at radius 2 is 1.35 bits per heavy atom. The number of hydrogen-bond acceptors (Lipinski definition) is 2. The molecule has 17 heavy (non-hydrogen) atoms. The van der Waals surface area contributed by atoms with Crippen LogP contribution >= 0.6 is 0 Å². The zero-order chi connectivity index (χ0) is 12.8. The zero-order valence-corrected chi connectivity index (χ0v) is 11.9. The zero-order valence-electron chi connectivity index (χ0n) is 11.9. The highest BCUT2D eigenvalue weighted by atomic mass is 15.1. The molecule has 0 aromatic carbocycles. The lowest BCUT2D eigenvalue weighted by Crippen LogP contribution is -2.26. The van der Waals surface area contributed by atoms with Crippen LogP contribution in [0.15, 0.2) is 0 Å². The Hall–Kier alpha value is -0.550. The summed E-state index contributed by atoms with van der Waals surface area (Å²) in [6, 6.07) is 2.25. The average Bonchev–Trinajstić information content (AvgIpc) is 2.33. The Morgan fingerprint density at radius 1 is 0.765 bits per heavy atom. The van der Waals surface area contributed by atoms with Crippen molar-refractivity contribution in [2.45, 2.75) is 71.6 Å². The predicted molar refractivity (Wildman–Crippen MR) is 75.0 cm³/mol. The van der Waals surface area contributed by atoms with E-state index in [1.165, 1.54) is 51.4 Å². The Balaban J connectivity index is 3.27. The second kappa shape index (κ2) is 13.5. The normalized spacial score (nSPS) is 10.7. The first-order chi connectivity index (χ1) is 8.35. The highest BCUT2D eigenvalue weighted by molar-refractivity contribution is 4.76. The van der Waals surface area contributed by atoms with Gasteiger partial charge in [-0.1, -0.05) is 58.8 Å². The third-order valence-corrected chi connectivity index (χ3v) is 3.16. The summed E-state index contributed by atoms with van der Waals surface area (Å²) < 4.78 is 0. The number of unbranched alkanes of at least 4 members (excludes halogenated alkanes) is 7. The minimum Gasteiger partial charge on any atom is -0.291 e. The smallest absolute Gasteiger partial charge is 0.0865 e. The molecular weight excluding hydrogens is 208 g/mol. The lowest BCUT2D eigenvalue weighted by atomic mass is 10.1. The molecule has 2 nitrogen and oxygen atoms in total. The maximum Gasteiger partial charge on any atom is 0.0865 e. The molecule has 2 heteroatoms. The Kier molecular flexibility index (Phi) is 13.1. The molecule has 0 rings (SSSR count). The second-order valence-corrected chi connectivity index (χ2v) is 4.91. The standard InChI is InChI=1S/C15H30N2/c1-3-5-6-7-8-9-10-11-14-17(13-4-2)15-12-16/h3-11,13-15H2,1-2H3. The van der Waals surface area contributed by atoms with Gasteiger partial charge in [-0.2, -0.15) is 5.26 Å². The van der Waals surface area contributed by atoms with Crippen LogP contribution in [-0.2, 0) is 0 Å². The molecular formula is C15H30N2. The van der Waals surface area contributed by atoms with Gasteiger partial charge in [-0.05, 0) is 25.9 Å². The van der Waals surface area contributed by atoms with E-state index in [-0.39, 0.29) is 0 Å². The quantitative estimate of drug-likeness (QED) is 0.373. The fourth-order valence-electron chi connectivity index (χ4n) is 2.16. The summed E-state index contributed by atoms with van der Waals surface area (Å²) in [5.41, 5.74) is 0. The molecule has 0 bridgehead atoms. The van der Waals surface area contributed by atoms with E-state index in [1.54, 1.807) is 0 Å². The number of nitrogens with zero attached hydrogens (tertiary/aromatic N) is 2. The molecule has 0 atom stereocenters. The van der Waals surface area contributed by atoms with E-state index in [9.17, 15) is 0 Å². The summed E-state index contributed by atoms with van der Waals surface area (Å²) in [6.45, 7) is 7.22. The van der Waals surface area contributed by atoms with Crippen molar-refractivity contribution in [2.75, 3.05) is 19.6 Å². The fraction of sp³-hybridized carbons (Fsp3) is 0.933. The van der Waals surface area contributed by atoms with Crippen LogP contribution in [0.4, 0.5) is 0 Å². The molecule has 0 unspecified atom stereocenters. The summed E-state index contributed by atoms with van der Waals surface area (Å²) in [6.07, 6.45) is 12.1. The first kappa shape index (κ1) is 16.4. The third-order valence-electron chi connectivity index (χ3n) is 3.16. The molecule has 0 aromatic rings. The monoisotopic (exact) mass is 238 g/mol. The first-order valence-electron chi connectivity index (χ1n) is 7.44. The van der Waals surface area contributed by atoms with Crippen LogP contribution in [0.2, 0.25) is 0 Å². The average molecular weight is 238 g/mol. The molecule has 0 fully saturated rings. The van der Waals surface area contributed by atoms with Crippen molar-refractivity contribution in [2.24, 2.45) is 0 Å². The Bertz CT molecular complexity index is 184. The molecule has 0 radical (unpaired) electrons. The highest BCUT2D eigenvalue weighted by Crippen LogP contribution is 2.08. The van der Waals surface area contributed by atoms with E-state index in [1.807, 2.05) is 0 Å². The summed E-state index contributed by atoms with van der Waals surface area (Å²) in [7, 11) is 0. The number of hydrogen-bond donors (Lipinski definition) is 0. The molecule has 0 aromatic heterocycles. The van der Waals surface area contributed by atoms with Gasteiger partial charge in [-0.3, -0.25) is 4.90 Å². The molecule has 0 heterocycles. The van der Waals surface area contributed by atoms with Crippen molar-refractivity contribution in [1.82, 2.24) is 4.90 Å². The second-order valence-electron chi connectivity index (χ2n) is 4.91. The lowest BCUT2D eigenvalue weighted by Gasteiger charge is -2.17. The van der Waals surface area contributed by atoms with Crippen LogP contribution in [0.5, 0.6) is 0 Å². The minimum atomic E-state index is 0.602. The third kappa shape index (κ3) is 11.7. The summed E-state index contributed by atoms with van der Waals surface area (Å²) in [4.78, 5) is 2.27. The summed E-state index contributed by atoms with van der Waals surface area (Å²) in [5, 5.41) is 8.69. The van der Waals surface area contributed by atoms with Gasteiger partial charge in [0.25, 0.3) is 0 Å². The molecule has 0 amide bonds. The van der Waals surface area contributed by atoms with E-state index in [4.69, 9.17) is 5.26 Å². The molecule has 0 saturated carbocycles. The van der Waals surface area contributed by atoms with E-state index in [2.05, 4.69) is 24.8 Å². The molecule has 100 valence electrons. The van der Waals surface area contributed by atoms with Crippen LogP contribution in [0, 0.1) is 11.3 Å². The molecule has 0 aliphatic heterocycles. The largest absolute Gasteiger partial charge is 0.291 e. The van der Waals surface area contributed by atoms with Crippen molar-refractivity contribution in [3.8, 4) is 6.07 Å². The van der Waals surface area contributed by atoms with Gasteiger partial charge in [-0.15, -0.1) is 0 Å². The van der Waals surface area contributed by atoms with E-state index < -0.39 is 0 Å². The molecule has 0 aliphatic rings. The van der Waals surface area contributed by atoms with E-state index >= 15 is 0 Å². The SMILES string of the molecule is CCCCCCCCCCN(CC#N)CCC. The minimum absolute atomic E-state index is 0.602. The van der Waals surface area contributed by atoms with Crippen LogP contribution < -0.4 is 0 Å². The Morgan fingerprint density at radius 3 is 1.88 bits per heavy atom. The maximum atomic E-state index is 8.69. The van der Waals surface area contributed by atoms with Gasteiger partial charge in [0.15, 0.2) is 0 Å². The van der Waals surface area contributed by atoms with Crippen molar-refractivity contribution >= 4 is 0 Å². The number of rotatable bonds is 12. The van der Waals surface area contributed by atoms with Crippen molar-refractivity contribution in [3.05, 3.63) is 0 Å². The summed E-state index contributed by atoms with van der Waals surface area (Å²) >= 11 is 0. The first-order valence-corrected chi connectivity index (χ1v) is 7.44. The van der Waals surface area contributed by atoms with Gasteiger partial charge < -0.3 is 0 Å². The van der Waals surface area contributed by atoms with Crippen LogP contribution in [0.3, 0.4) is 0 Å². The van der Waals surface area contributed by atoms with Crippen molar-refractivity contribution in [3.63, 3.8) is 0 Å². The van der Waals surface area contributed by atoms with E-state index in [0.29, 0.717) is 6.54 Å². The van der Waals surface area contributed by atoms with Crippen molar-refractivity contribution < 1.29 is 0 Å². The van der Waals surface area contributed by atoms with Gasteiger partial charge in [0, 0.05) is 0 Å². The van der Waals surface area contributed by atoms with Gasteiger partial charge in [0.2, 0.25) is 0 Å². The highest BCUT2D eigenvalue weighted by Gasteiger charge is 2.01. The molecule has 0 N–H and O–H groups in total. The van der Waals surface area contributed by atoms with Gasteiger partial charge in [0.1, 0.15) is 0 Å². The van der Waals surface area contributed by atoms with E-state index in [0.717, 1.165) is 19.5 Å². The van der Waals surface area contributed by atoms with Crippen molar-refractivity contribution in [1.29, 1.82) is 5.26 Å². The Labute approximate surface area is 108 Å². The van der Waals surface area contributed by atoms with Crippen LogP contribution in [0.25, 0.3) is 0 Å². The van der Waals surface area contributed by atoms with Gasteiger partial charge >= 0.3 is 0 Å². The van der Waals surface area contributed by atoms with Crippen LogP contribution in [-0.4, -0.2) is 24.5 Å². The topological polar surface area (TPSA) is 27.0 Å². The lowest BCUT2D eigenvalue weighted by molar-refractivity contribution is 0.297. The molecule has 0 aliphatic carbocycles. The van der Waals surface area contributed by atoms with Gasteiger partial charge in [0.05, 0.1) is 12.6 Å². The van der Waals surface area contributed by atoms with Crippen LogP contribution in [0.1, 0.15) is 71.6 Å². The molecule has 0 spiro atoms. The number of nitriles is 1. The predicted octanol–water partition coefficient (Wildman–Crippen LogP) is 4.36. The molecule has 0 saturated heterocycles. The summed E-state index contributed by atoms with van der Waals surface area (Å²) in [5.74, 6) is 0. The fourth-order valence-corrected chi connectivity index (χ4v) is 2.16.